The average Bonchev–Trinajstić information content (AvgIpc) is 2.69. The second kappa shape index (κ2) is 10.2. The van der Waals surface area contributed by atoms with Gasteiger partial charge in [0.1, 0.15) is 0 Å². The molecule has 0 spiro atoms. The molecule has 2 N–H and O–H groups in total. The zero-order valence-electron chi connectivity index (χ0n) is 16.3. The first-order chi connectivity index (χ1) is 12.9. The Morgan fingerprint density at radius 2 is 1.93 bits per heavy atom. The van der Waals surface area contributed by atoms with Gasteiger partial charge >= 0.3 is 0 Å². The number of hydrogen-bond donors (Lipinski definition) is 1. The highest BCUT2D eigenvalue weighted by atomic mass is 32.2. The van der Waals surface area contributed by atoms with E-state index in [2.05, 4.69) is 0 Å². The number of sulfonamides is 1. The van der Waals surface area contributed by atoms with Crippen molar-refractivity contribution < 1.29 is 17.9 Å². The third-order valence-electron chi connectivity index (χ3n) is 4.86. The minimum Gasteiger partial charge on any atom is -0.378 e. The van der Waals surface area contributed by atoms with Gasteiger partial charge in [0.05, 0.1) is 11.0 Å². The molecular formula is C19H31N3O4S. The molecule has 152 valence electrons. The van der Waals surface area contributed by atoms with Crippen LogP contribution in [-0.2, 0) is 14.8 Å². The number of benzene rings is 1. The summed E-state index contributed by atoms with van der Waals surface area (Å²) < 4.78 is 32.5. The molecule has 0 aromatic heterocycles. The molecule has 1 amide bonds. The fraction of sp³-hybridized carbons (Fsp3) is 0.632. The molecule has 8 heteroatoms. The fourth-order valence-corrected chi connectivity index (χ4v) is 4.75. The predicted octanol–water partition coefficient (Wildman–Crippen LogP) is 1.69. The van der Waals surface area contributed by atoms with Crippen molar-refractivity contribution >= 4 is 15.9 Å². The molecule has 1 heterocycles. The molecule has 0 unspecified atom stereocenters. The minimum absolute atomic E-state index is 0.132. The third-order valence-corrected chi connectivity index (χ3v) is 6.90. The Morgan fingerprint density at radius 1 is 1.26 bits per heavy atom. The van der Waals surface area contributed by atoms with E-state index in [1.807, 2.05) is 0 Å². The maximum absolute atomic E-state index is 12.8. The zero-order chi connectivity index (χ0) is 19.9. The lowest BCUT2D eigenvalue weighted by Gasteiger charge is -2.32. The summed E-state index contributed by atoms with van der Waals surface area (Å²) in [6.07, 6.45) is 2.57. The van der Waals surface area contributed by atoms with Crippen molar-refractivity contribution in [3.8, 4) is 0 Å². The molecule has 1 aromatic rings. The summed E-state index contributed by atoms with van der Waals surface area (Å²) in [5.74, 6) is -0.132. The number of rotatable bonds is 9. The van der Waals surface area contributed by atoms with Gasteiger partial charge in [0.15, 0.2) is 0 Å². The van der Waals surface area contributed by atoms with Crippen LogP contribution < -0.4 is 5.73 Å². The first kappa shape index (κ1) is 21.8. The predicted molar refractivity (Wildman–Crippen MR) is 105 cm³/mol. The largest absolute Gasteiger partial charge is 0.378 e. The summed E-state index contributed by atoms with van der Waals surface area (Å²) in [6, 6.07) is 6.33. The quantitative estimate of drug-likeness (QED) is 0.640. The van der Waals surface area contributed by atoms with Gasteiger partial charge in [0.25, 0.3) is 5.91 Å². The Hall–Kier alpha value is -1.48. The van der Waals surface area contributed by atoms with Crippen molar-refractivity contribution in [1.29, 1.82) is 0 Å². The highest BCUT2D eigenvalue weighted by molar-refractivity contribution is 7.89. The van der Waals surface area contributed by atoms with E-state index in [1.165, 1.54) is 10.4 Å². The summed E-state index contributed by atoms with van der Waals surface area (Å²) in [4.78, 5) is 14.7. The standard InChI is InChI=1S/C19H31N3O4S/c1-3-22(4-2)27(24,25)18-8-5-7-16(15-18)19(23)21-12-9-17(10-13-21)26-14-6-11-20/h5,7-8,15,17H,3-4,6,9-14,20H2,1-2H3. The number of amides is 1. The monoisotopic (exact) mass is 397 g/mol. The summed E-state index contributed by atoms with van der Waals surface area (Å²) in [7, 11) is -3.58. The molecule has 0 bridgehead atoms. The summed E-state index contributed by atoms with van der Waals surface area (Å²) in [5.41, 5.74) is 5.88. The van der Waals surface area contributed by atoms with Gasteiger partial charge in [-0.2, -0.15) is 4.31 Å². The van der Waals surface area contributed by atoms with Crippen LogP contribution in [0.1, 0.15) is 43.5 Å². The molecule has 0 atom stereocenters. The minimum atomic E-state index is -3.58. The molecule has 1 aliphatic rings. The van der Waals surface area contributed by atoms with Gasteiger partial charge in [-0.1, -0.05) is 19.9 Å². The van der Waals surface area contributed by atoms with Gasteiger partial charge in [0.2, 0.25) is 10.0 Å². The second-order valence-electron chi connectivity index (χ2n) is 6.62. The van der Waals surface area contributed by atoms with Crippen LogP contribution in [0, 0.1) is 0 Å². The normalized spacial score (nSPS) is 16.1. The molecule has 0 saturated carbocycles. The highest BCUT2D eigenvalue weighted by Crippen LogP contribution is 2.20. The Labute approximate surface area is 162 Å². The van der Waals surface area contributed by atoms with Crippen LogP contribution in [0.2, 0.25) is 0 Å². The van der Waals surface area contributed by atoms with E-state index in [1.54, 1.807) is 36.9 Å². The van der Waals surface area contributed by atoms with Crippen LogP contribution in [0.4, 0.5) is 0 Å². The molecule has 0 radical (unpaired) electrons. The van der Waals surface area contributed by atoms with E-state index in [0.29, 0.717) is 44.9 Å². The van der Waals surface area contributed by atoms with Crippen LogP contribution >= 0.6 is 0 Å². The molecule has 1 aromatic carbocycles. The van der Waals surface area contributed by atoms with Gasteiger partial charge in [-0.3, -0.25) is 4.79 Å². The SMILES string of the molecule is CCN(CC)S(=O)(=O)c1cccc(C(=O)N2CCC(OCCCN)CC2)c1. The number of carbonyl (C=O) groups is 1. The van der Waals surface area contributed by atoms with Crippen LogP contribution in [-0.4, -0.2) is 69.0 Å². The number of piperidine rings is 1. The second-order valence-corrected chi connectivity index (χ2v) is 8.56. The van der Waals surface area contributed by atoms with Gasteiger partial charge < -0.3 is 15.4 Å². The van der Waals surface area contributed by atoms with Crippen molar-refractivity contribution in [2.75, 3.05) is 39.3 Å². The first-order valence-corrected chi connectivity index (χ1v) is 11.1. The molecule has 1 saturated heterocycles. The summed E-state index contributed by atoms with van der Waals surface area (Å²) in [6.45, 7) is 6.89. The molecule has 7 nitrogen and oxygen atoms in total. The van der Waals surface area contributed by atoms with Crippen molar-refractivity contribution in [2.45, 2.75) is 44.1 Å². The van der Waals surface area contributed by atoms with Crippen LogP contribution in [0.15, 0.2) is 29.2 Å². The average molecular weight is 398 g/mol. The van der Waals surface area contributed by atoms with Gasteiger partial charge in [-0.25, -0.2) is 8.42 Å². The van der Waals surface area contributed by atoms with E-state index in [0.717, 1.165) is 19.3 Å². The Balaban J connectivity index is 2.04. The first-order valence-electron chi connectivity index (χ1n) is 9.65. The Kier molecular flexibility index (Phi) is 8.22. The van der Waals surface area contributed by atoms with Crippen molar-refractivity contribution in [2.24, 2.45) is 5.73 Å². The van der Waals surface area contributed by atoms with E-state index >= 15 is 0 Å². The van der Waals surface area contributed by atoms with Crippen molar-refractivity contribution in [3.05, 3.63) is 29.8 Å². The molecule has 1 aliphatic heterocycles. The lowest BCUT2D eigenvalue weighted by Crippen LogP contribution is -2.41. The number of likely N-dealkylation sites (tertiary alicyclic amines) is 1. The maximum Gasteiger partial charge on any atom is 0.253 e. The van der Waals surface area contributed by atoms with E-state index < -0.39 is 10.0 Å². The molecule has 2 rings (SSSR count). The lowest BCUT2D eigenvalue weighted by atomic mass is 10.1. The van der Waals surface area contributed by atoms with E-state index in [-0.39, 0.29) is 16.9 Å². The Morgan fingerprint density at radius 3 is 2.52 bits per heavy atom. The van der Waals surface area contributed by atoms with Crippen molar-refractivity contribution in [1.82, 2.24) is 9.21 Å². The Bertz CT molecular complexity index is 711. The van der Waals surface area contributed by atoms with E-state index in [9.17, 15) is 13.2 Å². The van der Waals surface area contributed by atoms with Gasteiger partial charge in [-0.05, 0) is 44.0 Å². The number of carbonyl (C=O) groups excluding carboxylic acids is 1. The van der Waals surface area contributed by atoms with E-state index in [4.69, 9.17) is 10.5 Å². The third kappa shape index (κ3) is 5.51. The summed E-state index contributed by atoms with van der Waals surface area (Å²) >= 11 is 0. The topological polar surface area (TPSA) is 92.9 Å². The maximum atomic E-state index is 12.8. The van der Waals surface area contributed by atoms with Crippen molar-refractivity contribution in [3.63, 3.8) is 0 Å². The number of nitrogens with two attached hydrogens (primary N) is 1. The summed E-state index contributed by atoms with van der Waals surface area (Å²) in [5, 5.41) is 0. The van der Waals surface area contributed by atoms with Gasteiger partial charge in [-0.15, -0.1) is 0 Å². The molecular weight excluding hydrogens is 366 g/mol. The van der Waals surface area contributed by atoms with Gasteiger partial charge in [0, 0.05) is 38.3 Å². The fourth-order valence-electron chi connectivity index (χ4n) is 3.24. The highest BCUT2D eigenvalue weighted by Gasteiger charge is 2.26. The number of nitrogens with zero attached hydrogens (tertiary/aromatic N) is 2. The number of hydrogen-bond acceptors (Lipinski definition) is 5. The smallest absolute Gasteiger partial charge is 0.253 e. The molecule has 27 heavy (non-hydrogen) atoms. The zero-order valence-corrected chi connectivity index (χ0v) is 17.1. The lowest BCUT2D eigenvalue weighted by molar-refractivity contribution is 0.00844. The number of ether oxygens (including phenoxy) is 1. The molecule has 1 fully saturated rings. The van der Waals surface area contributed by atoms with Crippen LogP contribution in [0.3, 0.4) is 0 Å². The van der Waals surface area contributed by atoms with Crippen LogP contribution in [0.5, 0.6) is 0 Å². The van der Waals surface area contributed by atoms with Crippen LogP contribution in [0.25, 0.3) is 0 Å². The molecule has 0 aliphatic carbocycles.